The molecule has 0 bridgehead atoms. The molecule has 1 fully saturated rings. The van der Waals surface area contributed by atoms with Gasteiger partial charge in [0.05, 0.1) is 18.1 Å². The lowest BCUT2D eigenvalue weighted by Crippen LogP contribution is -2.40. The maximum absolute atomic E-state index is 12.8. The fraction of sp³-hybridized carbons (Fsp3) is 0.571. The molecule has 1 saturated heterocycles. The molecule has 1 heterocycles. The maximum atomic E-state index is 12.8. The molecule has 8 nitrogen and oxygen atoms in total. The number of nitro groups is 1. The zero-order chi connectivity index (χ0) is 17.0. The van der Waals surface area contributed by atoms with E-state index in [2.05, 4.69) is 5.32 Å². The molecule has 9 heteroatoms. The molecule has 0 aliphatic carbocycles. The topological polar surface area (TPSA) is 102 Å². The van der Waals surface area contributed by atoms with Crippen LogP contribution >= 0.6 is 0 Å². The van der Waals surface area contributed by atoms with Gasteiger partial charge in [0.2, 0.25) is 10.0 Å². The summed E-state index contributed by atoms with van der Waals surface area (Å²) in [7, 11) is -0.538. The second-order valence-corrected chi connectivity index (χ2v) is 7.40. The van der Waals surface area contributed by atoms with Crippen LogP contribution in [0.25, 0.3) is 0 Å². The Hall–Kier alpha value is -1.71. The number of methoxy groups -OCH3 is 1. The van der Waals surface area contributed by atoms with Crippen molar-refractivity contribution in [3.8, 4) is 5.75 Å². The summed E-state index contributed by atoms with van der Waals surface area (Å²) in [4.78, 5) is 10.2. The molecule has 0 unspecified atom stereocenters. The smallest absolute Gasteiger partial charge is 0.273 e. The van der Waals surface area contributed by atoms with Crippen molar-refractivity contribution in [2.24, 2.45) is 5.92 Å². The van der Waals surface area contributed by atoms with Gasteiger partial charge in [-0.15, -0.1) is 0 Å². The number of benzene rings is 1. The first-order chi connectivity index (χ1) is 10.9. The van der Waals surface area contributed by atoms with E-state index in [1.165, 1.54) is 23.5 Å². The minimum Gasteiger partial charge on any atom is -0.495 e. The fourth-order valence-electron chi connectivity index (χ4n) is 2.76. The molecule has 0 aromatic heterocycles. The van der Waals surface area contributed by atoms with Crippen molar-refractivity contribution < 1.29 is 18.1 Å². The van der Waals surface area contributed by atoms with Gasteiger partial charge in [-0.3, -0.25) is 10.1 Å². The molecule has 128 valence electrons. The van der Waals surface area contributed by atoms with Crippen LogP contribution in [-0.4, -0.2) is 51.4 Å². The zero-order valence-electron chi connectivity index (χ0n) is 13.2. The van der Waals surface area contributed by atoms with Gasteiger partial charge in [-0.2, -0.15) is 4.31 Å². The fourth-order valence-corrected chi connectivity index (χ4v) is 4.37. The number of hydrogen-bond donors (Lipinski definition) is 1. The number of ether oxygens (including phenoxy) is 1. The van der Waals surface area contributed by atoms with Gasteiger partial charge in [0.25, 0.3) is 5.69 Å². The van der Waals surface area contributed by atoms with Gasteiger partial charge < -0.3 is 10.1 Å². The van der Waals surface area contributed by atoms with Crippen LogP contribution in [0.15, 0.2) is 23.1 Å². The molecule has 1 aromatic rings. The van der Waals surface area contributed by atoms with E-state index < -0.39 is 14.9 Å². The summed E-state index contributed by atoms with van der Waals surface area (Å²) in [5, 5.41) is 13.9. The summed E-state index contributed by atoms with van der Waals surface area (Å²) in [6, 6.07) is 3.57. The molecule has 0 atom stereocenters. The molecule has 1 aromatic carbocycles. The van der Waals surface area contributed by atoms with Crippen molar-refractivity contribution in [1.82, 2.24) is 9.62 Å². The first kappa shape index (κ1) is 17.6. The van der Waals surface area contributed by atoms with E-state index in [0.29, 0.717) is 19.0 Å². The Morgan fingerprint density at radius 2 is 2.04 bits per heavy atom. The number of non-ortho nitro benzene ring substituents is 1. The number of piperidine rings is 1. The average Bonchev–Trinajstić information content (AvgIpc) is 2.55. The Balaban J connectivity index is 2.25. The van der Waals surface area contributed by atoms with Gasteiger partial charge in [0, 0.05) is 19.2 Å². The zero-order valence-corrected chi connectivity index (χ0v) is 14.0. The molecule has 1 aliphatic rings. The highest BCUT2D eigenvalue weighted by atomic mass is 32.2. The van der Waals surface area contributed by atoms with Crippen molar-refractivity contribution in [1.29, 1.82) is 0 Å². The Morgan fingerprint density at radius 3 is 2.57 bits per heavy atom. The van der Waals surface area contributed by atoms with Gasteiger partial charge in [-0.05, 0) is 38.4 Å². The minimum absolute atomic E-state index is 0.00320. The van der Waals surface area contributed by atoms with Gasteiger partial charge in [0.1, 0.15) is 10.6 Å². The molecule has 0 spiro atoms. The third-order valence-electron chi connectivity index (χ3n) is 4.04. The number of sulfonamides is 1. The van der Waals surface area contributed by atoms with Crippen molar-refractivity contribution in [3.05, 3.63) is 28.3 Å². The highest BCUT2D eigenvalue weighted by Gasteiger charge is 2.32. The van der Waals surface area contributed by atoms with Crippen LogP contribution in [0.4, 0.5) is 5.69 Å². The lowest BCUT2D eigenvalue weighted by atomic mass is 9.98. The van der Waals surface area contributed by atoms with Gasteiger partial charge in [-0.1, -0.05) is 0 Å². The Bertz CT molecular complexity index is 669. The predicted molar refractivity (Wildman–Crippen MR) is 85.1 cm³/mol. The number of hydrogen-bond acceptors (Lipinski definition) is 6. The largest absolute Gasteiger partial charge is 0.495 e. The van der Waals surface area contributed by atoms with Crippen molar-refractivity contribution >= 4 is 15.7 Å². The number of nitrogens with one attached hydrogen (secondary N) is 1. The molecular weight excluding hydrogens is 322 g/mol. The van der Waals surface area contributed by atoms with Crippen LogP contribution in [-0.2, 0) is 10.0 Å². The lowest BCUT2D eigenvalue weighted by Gasteiger charge is -2.31. The Kier molecular flexibility index (Phi) is 5.55. The van der Waals surface area contributed by atoms with E-state index in [9.17, 15) is 18.5 Å². The quantitative estimate of drug-likeness (QED) is 0.615. The molecular formula is C14H21N3O5S. The lowest BCUT2D eigenvalue weighted by molar-refractivity contribution is -0.385. The van der Waals surface area contributed by atoms with Crippen molar-refractivity contribution in [3.63, 3.8) is 0 Å². The first-order valence-corrected chi connectivity index (χ1v) is 8.81. The second-order valence-electron chi connectivity index (χ2n) is 5.50. The maximum Gasteiger partial charge on any atom is 0.273 e. The van der Waals surface area contributed by atoms with E-state index in [0.717, 1.165) is 25.5 Å². The molecule has 0 saturated carbocycles. The molecule has 1 N–H and O–H groups in total. The van der Waals surface area contributed by atoms with Crippen molar-refractivity contribution in [2.45, 2.75) is 17.7 Å². The minimum atomic E-state index is -3.72. The van der Waals surface area contributed by atoms with Gasteiger partial charge in [0.15, 0.2) is 0 Å². The number of nitrogens with zero attached hydrogens (tertiary/aromatic N) is 2. The summed E-state index contributed by atoms with van der Waals surface area (Å²) in [6.45, 7) is 1.75. The summed E-state index contributed by atoms with van der Waals surface area (Å²) in [6.07, 6.45) is 1.57. The van der Waals surface area contributed by atoms with E-state index in [-0.39, 0.29) is 16.3 Å². The van der Waals surface area contributed by atoms with Crippen molar-refractivity contribution in [2.75, 3.05) is 33.8 Å². The normalized spacial score (nSPS) is 17.1. The van der Waals surface area contributed by atoms with Crippen LogP contribution in [0.1, 0.15) is 12.8 Å². The predicted octanol–water partition coefficient (Wildman–Crippen LogP) is 1.22. The second kappa shape index (κ2) is 7.24. The summed E-state index contributed by atoms with van der Waals surface area (Å²) < 4.78 is 32.0. The van der Waals surface area contributed by atoms with E-state index in [1.807, 2.05) is 7.05 Å². The summed E-state index contributed by atoms with van der Waals surface area (Å²) in [5.41, 5.74) is -0.200. The average molecular weight is 343 g/mol. The third-order valence-corrected chi connectivity index (χ3v) is 5.98. The van der Waals surface area contributed by atoms with Crippen LogP contribution in [0.5, 0.6) is 5.75 Å². The van der Waals surface area contributed by atoms with E-state index in [4.69, 9.17) is 4.74 Å². The van der Waals surface area contributed by atoms with E-state index >= 15 is 0 Å². The monoisotopic (exact) mass is 343 g/mol. The van der Waals surface area contributed by atoms with Crippen LogP contribution in [0.3, 0.4) is 0 Å². The Labute approximate surface area is 135 Å². The summed E-state index contributed by atoms with van der Waals surface area (Å²) >= 11 is 0. The number of rotatable bonds is 6. The summed E-state index contributed by atoms with van der Waals surface area (Å²) in [5.74, 6) is 0.460. The molecule has 23 heavy (non-hydrogen) atoms. The molecule has 0 amide bonds. The first-order valence-electron chi connectivity index (χ1n) is 7.37. The third kappa shape index (κ3) is 3.80. The molecule has 2 rings (SSSR count). The van der Waals surface area contributed by atoms with Crippen LogP contribution in [0.2, 0.25) is 0 Å². The highest BCUT2D eigenvalue weighted by Crippen LogP contribution is 2.32. The van der Waals surface area contributed by atoms with Crippen LogP contribution < -0.4 is 10.1 Å². The van der Waals surface area contributed by atoms with Gasteiger partial charge in [-0.25, -0.2) is 8.42 Å². The molecule has 1 aliphatic heterocycles. The van der Waals surface area contributed by atoms with E-state index in [1.54, 1.807) is 0 Å². The SMILES string of the molecule is CNCC1CCN(S(=O)(=O)c2ccc([N+](=O)[O-])cc2OC)CC1. The number of nitro benzene ring substituents is 1. The van der Waals surface area contributed by atoms with Gasteiger partial charge >= 0.3 is 0 Å². The highest BCUT2D eigenvalue weighted by molar-refractivity contribution is 7.89. The Morgan fingerprint density at radius 1 is 1.39 bits per heavy atom. The standard InChI is InChI=1S/C14H21N3O5S/c1-15-10-11-5-7-16(8-6-11)23(20,21)14-4-3-12(17(18)19)9-13(14)22-2/h3-4,9,11,15H,5-8,10H2,1-2H3. The van der Waals surface area contributed by atoms with Crippen LogP contribution in [0, 0.1) is 16.0 Å². The molecule has 0 radical (unpaired) electrons.